The third-order valence-corrected chi connectivity index (χ3v) is 18.7. The minimum absolute atomic E-state index is 0.0137. The number of nitrogen functional groups attached to an aromatic ring is 3. The van der Waals surface area contributed by atoms with Gasteiger partial charge in [-0.05, 0) is 154 Å². The van der Waals surface area contributed by atoms with E-state index in [-0.39, 0.29) is 29.9 Å². The van der Waals surface area contributed by atoms with E-state index in [4.69, 9.17) is 53.1 Å². The Kier molecular flexibility index (Phi) is 19.1. The number of ether oxygens (including phenoxy) is 3. The standard InChI is InChI=1S/C25H22N6O2.C25H24N6O2.C23H22N6O3S/c1-2-21(32)30-14-12-18(13-15-30)31-25-22(24(26)27-16-28-25)23(29-31)17-8-10-20(11-9-17)33-19-6-4-3-5-7-19;1-2-6-21(32)30-14-13-18(15-30)31-25-22(24(26)27-16-28-25)23(29-31)17-9-11-20(12-10-17)33-19-7-4-3-5-8-19;1-2-33(30,31)28-13-12-17(14-28)29-23-20(22(24)25-15-26-23)21(27-29)16-8-10-19(11-9-16)32-18-6-4-3-5-7-18/h1,3-11,16,18H,12-15H2,(H2,26,27,28);2-12,16,18H,13-15H2,1H3,(H2,26,27,28);2-11,15,17H,1,12-14H2,(H2,24,25,26)/b;6-2+;. The fourth-order valence-electron chi connectivity index (χ4n) is 12.3. The molecule has 6 aromatic carbocycles. The van der Waals surface area contributed by atoms with Gasteiger partial charge in [-0.3, -0.25) is 9.59 Å². The number of nitrogens with two attached hydrogens (primary N) is 3. The molecule has 99 heavy (non-hydrogen) atoms. The van der Waals surface area contributed by atoms with Crippen LogP contribution in [0.15, 0.2) is 207 Å². The highest BCUT2D eigenvalue weighted by Gasteiger charge is 2.35. The Balaban J connectivity index is 0.000000133. The normalized spacial score (nSPS) is 15.7. The van der Waals surface area contributed by atoms with E-state index in [0.29, 0.717) is 108 Å². The van der Waals surface area contributed by atoms with Crippen molar-refractivity contribution in [2.24, 2.45) is 0 Å². The van der Waals surface area contributed by atoms with E-state index in [0.717, 1.165) is 81.2 Å². The zero-order valence-corrected chi connectivity index (χ0v) is 54.7. The summed E-state index contributed by atoms with van der Waals surface area (Å²) in [5.74, 6) is 7.45. The molecule has 3 aliphatic rings. The number of rotatable bonds is 15. The molecule has 6 aromatic heterocycles. The number of benzene rings is 6. The van der Waals surface area contributed by atoms with Gasteiger partial charge in [0.15, 0.2) is 16.9 Å². The first-order chi connectivity index (χ1) is 48.2. The third-order valence-electron chi connectivity index (χ3n) is 17.3. The summed E-state index contributed by atoms with van der Waals surface area (Å²) in [5, 5.41) is 17.6. The van der Waals surface area contributed by atoms with Crippen molar-refractivity contribution in [1.29, 1.82) is 0 Å². The van der Waals surface area contributed by atoms with Gasteiger partial charge in [-0.1, -0.05) is 67.3 Å². The minimum Gasteiger partial charge on any atom is -0.457 e. The Hall–Kier alpha value is -12.3. The second-order valence-electron chi connectivity index (χ2n) is 23.5. The van der Waals surface area contributed by atoms with E-state index < -0.39 is 10.0 Å². The third kappa shape index (κ3) is 14.2. The van der Waals surface area contributed by atoms with Gasteiger partial charge in [-0.2, -0.15) is 19.6 Å². The highest BCUT2D eigenvalue weighted by atomic mass is 32.2. The molecule has 2 unspecified atom stereocenters. The van der Waals surface area contributed by atoms with Crippen LogP contribution in [0, 0.1) is 12.3 Å². The zero-order valence-electron chi connectivity index (χ0n) is 53.8. The second kappa shape index (κ2) is 28.9. The smallest absolute Gasteiger partial charge is 0.298 e. The lowest BCUT2D eigenvalue weighted by Gasteiger charge is -2.30. The summed E-state index contributed by atoms with van der Waals surface area (Å²) in [7, 11) is -3.49. The average Bonchev–Trinajstić information content (AvgIpc) is 1.64. The molecule has 3 aliphatic heterocycles. The van der Waals surface area contributed by atoms with Gasteiger partial charge in [0.1, 0.15) is 88.0 Å². The van der Waals surface area contributed by atoms with Crippen molar-refractivity contribution >= 4 is 72.4 Å². The maximum atomic E-state index is 12.3. The highest BCUT2D eigenvalue weighted by Crippen LogP contribution is 2.39. The maximum Gasteiger partial charge on any atom is 0.298 e. The summed E-state index contributed by atoms with van der Waals surface area (Å²) in [6.45, 7) is 8.35. The number of terminal acetylenes is 1. The van der Waals surface area contributed by atoms with Crippen LogP contribution in [-0.2, 0) is 19.6 Å². The number of para-hydroxylation sites is 3. The Labute approximate surface area is 569 Å². The van der Waals surface area contributed by atoms with Crippen LogP contribution in [0.2, 0.25) is 0 Å². The molecular weight excluding hydrogens is 1270 g/mol. The zero-order chi connectivity index (χ0) is 68.6. The lowest BCUT2D eigenvalue weighted by atomic mass is 10.1. The lowest BCUT2D eigenvalue weighted by Crippen LogP contribution is -2.38. The predicted molar refractivity (Wildman–Crippen MR) is 378 cm³/mol. The Morgan fingerprint density at radius 3 is 1.20 bits per heavy atom. The molecule has 0 bridgehead atoms. The van der Waals surface area contributed by atoms with Gasteiger partial charge >= 0.3 is 0 Å². The molecule has 0 spiro atoms. The van der Waals surface area contributed by atoms with Gasteiger partial charge in [-0.15, -0.1) is 6.42 Å². The number of allylic oxidation sites excluding steroid dienone is 1. The number of hydrogen-bond donors (Lipinski definition) is 3. The fourth-order valence-corrected chi connectivity index (χ4v) is 13.3. The van der Waals surface area contributed by atoms with Gasteiger partial charge in [0.2, 0.25) is 15.9 Å². The molecule has 498 valence electrons. The Morgan fingerprint density at radius 2 is 0.828 bits per heavy atom. The summed E-state index contributed by atoms with van der Waals surface area (Å²) in [6, 6.07) is 51.6. The molecule has 0 aliphatic carbocycles. The summed E-state index contributed by atoms with van der Waals surface area (Å²) < 4.78 is 49.1. The van der Waals surface area contributed by atoms with E-state index in [1.807, 2.05) is 185 Å². The lowest BCUT2D eigenvalue weighted by molar-refractivity contribution is -0.126. The molecular formula is C73H68N18O7S. The summed E-state index contributed by atoms with van der Waals surface area (Å²) >= 11 is 0. The number of fused-ring (bicyclic) bond motifs is 3. The number of nitrogens with zero attached hydrogens (tertiary/aromatic N) is 15. The number of anilines is 3. The molecule has 2 atom stereocenters. The molecule has 0 radical (unpaired) electrons. The molecule has 3 saturated heterocycles. The topological polar surface area (TPSA) is 315 Å². The van der Waals surface area contributed by atoms with Crippen LogP contribution >= 0.6 is 0 Å². The van der Waals surface area contributed by atoms with Crippen LogP contribution in [0.4, 0.5) is 17.5 Å². The van der Waals surface area contributed by atoms with Crippen LogP contribution in [-0.4, -0.2) is 133 Å². The van der Waals surface area contributed by atoms with E-state index in [1.54, 1.807) is 21.7 Å². The van der Waals surface area contributed by atoms with Gasteiger partial charge in [0, 0.05) is 61.4 Å². The van der Waals surface area contributed by atoms with Gasteiger partial charge in [0.25, 0.3) is 5.91 Å². The number of likely N-dealkylation sites (tertiary alicyclic amines) is 2. The second-order valence-corrected chi connectivity index (χ2v) is 25.4. The van der Waals surface area contributed by atoms with Crippen molar-refractivity contribution in [3.8, 4) is 80.6 Å². The van der Waals surface area contributed by atoms with E-state index >= 15 is 0 Å². The van der Waals surface area contributed by atoms with E-state index in [1.165, 1.54) is 23.3 Å². The van der Waals surface area contributed by atoms with Gasteiger partial charge in [-0.25, -0.2) is 52.4 Å². The Morgan fingerprint density at radius 1 is 0.485 bits per heavy atom. The van der Waals surface area contributed by atoms with Crippen LogP contribution < -0.4 is 31.4 Å². The van der Waals surface area contributed by atoms with Crippen molar-refractivity contribution in [2.75, 3.05) is 56.5 Å². The van der Waals surface area contributed by atoms with Crippen LogP contribution in [0.25, 0.3) is 66.9 Å². The number of hydrogen-bond acceptors (Lipinski definition) is 19. The van der Waals surface area contributed by atoms with Crippen LogP contribution in [0.5, 0.6) is 34.5 Å². The summed E-state index contributed by atoms with van der Waals surface area (Å²) in [4.78, 5) is 53.5. The van der Waals surface area contributed by atoms with Crippen LogP contribution in [0.1, 0.15) is 50.7 Å². The SMILES string of the molecule is C#CC(=O)N1CCC(n2nc(-c3ccc(Oc4ccccc4)cc3)c3c(N)ncnc32)CC1.C/C=C/C(=O)N1CCC(n2nc(-c3ccc(Oc4ccccc4)cc3)c3c(N)ncnc32)C1.C=CS(=O)(=O)N1CCC(n2nc(-c3ccc(Oc4ccccc4)cc3)c3c(N)ncnc32)C1. The molecule has 25 nitrogen and oxygen atoms in total. The summed E-state index contributed by atoms with van der Waals surface area (Å²) in [6.07, 6.45) is 15.8. The van der Waals surface area contributed by atoms with Crippen molar-refractivity contribution < 1.29 is 32.2 Å². The number of carbonyl (C=O) groups is 2. The van der Waals surface area contributed by atoms with Crippen molar-refractivity contribution in [3.05, 3.63) is 207 Å². The monoisotopic (exact) mass is 1340 g/mol. The molecule has 6 N–H and O–H groups in total. The number of carbonyl (C=O) groups excluding carboxylic acids is 2. The number of aromatic nitrogens is 12. The largest absolute Gasteiger partial charge is 0.457 e. The number of piperidine rings is 1. The molecule has 12 aromatic rings. The van der Waals surface area contributed by atoms with Gasteiger partial charge in [0.05, 0.1) is 34.3 Å². The van der Waals surface area contributed by atoms with E-state index in [2.05, 4.69) is 42.4 Å². The van der Waals surface area contributed by atoms with E-state index in [9.17, 15) is 18.0 Å². The predicted octanol–water partition coefficient (Wildman–Crippen LogP) is 11.5. The highest BCUT2D eigenvalue weighted by molar-refractivity contribution is 7.92. The number of amides is 2. The molecule has 9 heterocycles. The van der Waals surface area contributed by atoms with Crippen molar-refractivity contribution in [1.82, 2.24) is 73.4 Å². The molecule has 2 amide bonds. The first-order valence-electron chi connectivity index (χ1n) is 32.0. The molecule has 3 fully saturated rings. The number of sulfonamides is 1. The first kappa shape index (κ1) is 65.3. The molecule has 26 heteroatoms. The molecule has 15 rings (SSSR count). The Bertz CT molecular complexity index is 5080. The average molecular weight is 1340 g/mol. The first-order valence-corrected chi connectivity index (χ1v) is 33.5. The van der Waals surface area contributed by atoms with Crippen LogP contribution in [0.3, 0.4) is 0 Å². The minimum atomic E-state index is -3.49. The van der Waals surface area contributed by atoms with Crippen molar-refractivity contribution in [2.45, 2.75) is 50.7 Å². The summed E-state index contributed by atoms with van der Waals surface area (Å²) in [5.41, 5.74) is 25.3. The quantitative estimate of drug-likeness (QED) is 0.0634. The van der Waals surface area contributed by atoms with Gasteiger partial charge < -0.3 is 41.2 Å². The van der Waals surface area contributed by atoms with Crippen molar-refractivity contribution in [3.63, 3.8) is 0 Å². The maximum absolute atomic E-state index is 12.3. The molecule has 0 saturated carbocycles. The fraction of sp³-hybridized carbons (Fsp3) is 0.192.